The van der Waals surface area contributed by atoms with E-state index in [1.54, 1.807) is 0 Å². The van der Waals surface area contributed by atoms with Crippen LogP contribution in [0.5, 0.6) is 0 Å². The van der Waals surface area contributed by atoms with Gasteiger partial charge in [0.05, 0.1) is 5.69 Å². The molecule has 0 aliphatic carbocycles. The van der Waals surface area contributed by atoms with Gasteiger partial charge >= 0.3 is 0 Å². The molecule has 144 valence electrons. The number of nitrogens with zero attached hydrogens (tertiary/aromatic N) is 3. The Balaban J connectivity index is 0.00000180. The molecular weight excluding hydrogens is 360 g/mol. The van der Waals surface area contributed by atoms with Crippen LogP contribution in [-0.4, -0.2) is 48.2 Å². The molecule has 0 radical (unpaired) electrons. The summed E-state index contributed by atoms with van der Waals surface area (Å²) in [6, 6.07) is 10.4. The first-order valence-corrected chi connectivity index (χ1v) is 9.57. The van der Waals surface area contributed by atoms with Crippen molar-refractivity contribution >= 4 is 18.1 Å². The van der Waals surface area contributed by atoms with Gasteiger partial charge in [0, 0.05) is 51.2 Å². The predicted octanol–water partition coefficient (Wildman–Crippen LogP) is 2.19. The number of hydrogen-bond acceptors (Lipinski definition) is 5. The van der Waals surface area contributed by atoms with Crippen molar-refractivity contribution in [3.63, 3.8) is 0 Å². The molecule has 2 N–H and O–H groups in total. The Morgan fingerprint density at radius 1 is 1.07 bits per heavy atom. The summed E-state index contributed by atoms with van der Waals surface area (Å²) in [4.78, 5) is 9.43. The zero-order chi connectivity index (χ0) is 17.7. The lowest BCUT2D eigenvalue weighted by atomic mass is 10.0. The minimum Gasteiger partial charge on any atom is -0.382 e. The second-order valence-electron chi connectivity index (χ2n) is 8.13. The Morgan fingerprint density at radius 2 is 1.81 bits per heavy atom. The van der Waals surface area contributed by atoms with Gasteiger partial charge in [-0.25, -0.2) is 0 Å². The zero-order valence-corrected chi connectivity index (χ0v) is 16.5. The Labute approximate surface area is 166 Å². The number of benzene rings is 1. The molecule has 27 heavy (non-hydrogen) atoms. The number of halogens is 1. The maximum atomic E-state index is 10.9. The van der Waals surface area contributed by atoms with Crippen LogP contribution in [0.4, 0.5) is 5.69 Å². The van der Waals surface area contributed by atoms with Crippen molar-refractivity contribution in [3.05, 3.63) is 58.9 Å². The van der Waals surface area contributed by atoms with Crippen molar-refractivity contribution in [2.75, 3.05) is 38.1 Å². The molecule has 1 aromatic heterocycles. The van der Waals surface area contributed by atoms with Crippen molar-refractivity contribution < 1.29 is 5.11 Å². The number of aliphatic hydroxyl groups excluding tert-OH is 1. The highest BCUT2D eigenvalue weighted by Gasteiger charge is 2.38. The lowest BCUT2D eigenvalue weighted by molar-refractivity contribution is 0.215. The molecule has 6 heteroatoms. The number of anilines is 1. The number of nitrogens with one attached hydrogen (secondary N) is 1. The average Bonchev–Trinajstić information content (AvgIpc) is 3.34. The number of likely N-dealkylation sites (tertiary alicyclic amines) is 1. The van der Waals surface area contributed by atoms with E-state index in [4.69, 9.17) is 0 Å². The maximum absolute atomic E-state index is 10.9. The number of fused-ring (bicyclic) bond motifs is 2. The fourth-order valence-electron chi connectivity index (χ4n) is 4.85. The topological polar surface area (TPSA) is 51.6 Å². The molecule has 2 aromatic rings. The molecule has 3 atom stereocenters. The number of aromatic nitrogens is 1. The van der Waals surface area contributed by atoms with E-state index in [-0.39, 0.29) is 12.4 Å². The number of rotatable bonds is 3. The summed E-state index contributed by atoms with van der Waals surface area (Å²) in [5, 5.41) is 14.2. The molecule has 0 spiro atoms. The fraction of sp³-hybridized carbons (Fsp3) is 0.476. The van der Waals surface area contributed by atoms with E-state index in [1.165, 1.54) is 29.9 Å². The lowest BCUT2D eigenvalue weighted by Gasteiger charge is -2.22. The Kier molecular flexibility index (Phi) is 5.12. The first-order chi connectivity index (χ1) is 12.7. The first-order valence-electron chi connectivity index (χ1n) is 9.57. The molecule has 3 aliphatic rings. The van der Waals surface area contributed by atoms with Gasteiger partial charge in [0.1, 0.15) is 6.10 Å². The van der Waals surface area contributed by atoms with Crippen LogP contribution in [0.25, 0.3) is 0 Å². The van der Waals surface area contributed by atoms with Crippen molar-refractivity contribution in [1.29, 1.82) is 0 Å². The molecule has 1 unspecified atom stereocenters. The molecule has 5 nitrogen and oxygen atoms in total. The zero-order valence-electron chi connectivity index (χ0n) is 15.6. The van der Waals surface area contributed by atoms with Gasteiger partial charge in [0.25, 0.3) is 0 Å². The third kappa shape index (κ3) is 3.45. The van der Waals surface area contributed by atoms with Crippen LogP contribution in [0.15, 0.2) is 36.5 Å². The van der Waals surface area contributed by atoms with Crippen LogP contribution in [0.3, 0.4) is 0 Å². The van der Waals surface area contributed by atoms with Gasteiger partial charge in [0.2, 0.25) is 0 Å². The van der Waals surface area contributed by atoms with Gasteiger partial charge in [-0.3, -0.25) is 4.98 Å². The Morgan fingerprint density at radius 3 is 2.59 bits per heavy atom. The van der Waals surface area contributed by atoms with Crippen LogP contribution in [0, 0.1) is 11.8 Å². The molecule has 0 amide bonds. The van der Waals surface area contributed by atoms with Crippen LogP contribution in [0.1, 0.15) is 28.5 Å². The minimum atomic E-state index is -0.672. The van der Waals surface area contributed by atoms with E-state index >= 15 is 0 Å². The highest BCUT2D eigenvalue weighted by atomic mass is 35.5. The summed E-state index contributed by atoms with van der Waals surface area (Å²) in [5.41, 5.74) is 5.38. The number of pyridine rings is 1. The normalized spacial score (nSPS) is 25.2. The van der Waals surface area contributed by atoms with Gasteiger partial charge in [0.15, 0.2) is 0 Å². The smallest absolute Gasteiger partial charge is 0.121 e. The third-order valence-corrected chi connectivity index (χ3v) is 6.24. The highest BCUT2D eigenvalue weighted by Crippen LogP contribution is 2.34. The molecule has 2 saturated heterocycles. The molecule has 2 fully saturated rings. The summed E-state index contributed by atoms with van der Waals surface area (Å²) < 4.78 is 0. The second-order valence-corrected chi connectivity index (χ2v) is 8.13. The van der Waals surface area contributed by atoms with Gasteiger partial charge < -0.3 is 20.2 Å². The van der Waals surface area contributed by atoms with E-state index in [2.05, 4.69) is 45.3 Å². The molecular formula is C21H27ClN4O. The summed E-state index contributed by atoms with van der Waals surface area (Å²) in [6.45, 7) is 6.39. The van der Waals surface area contributed by atoms with Gasteiger partial charge in [-0.05, 0) is 53.8 Å². The standard InChI is InChI=1S/C21H26N4O.ClH/c1-24-10-17-12-25(13-18(17)11-24)19-4-2-3-14(5-19)21(26)20-6-15-7-22-8-16(15)9-23-20;/h2-6,9,17-18,21-22,26H,7-8,10-13H2,1H3;1H/t17-,18+,21?;. The first kappa shape index (κ1) is 18.7. The number of hydrogen-bond donors (Lipinski definition) is 2. The molecule has 3 aliphatic heterocycles. The molecule has 1 aromatic carbocycles. The monoisotopic (exact) mass is 386 g/mol. The summed E-state index contributed by atoms with van der Waals surface area (Å²) >= 11 is 0. The highest BCUT2D eigenvalue weighted by molar-refractivity contribution is 5.85. The molecule has 0 saturated carbocycles. The van der Waals surface area contributed by atoms with Crippen molar-refractivity contribution in [1.82, 2.24) is 15.2 Å². The SMILES string of the molecule is CN1C[C@@H]2CN(c3cccc(C(O)c4cc5c(cn4)CNC5)c3)C[C@@H]2C1.Cl. The third-order valence-electron chi connectivity index (χ3n) is 6.24. The van der Waals surface area contributed by atoms with E-state index in [1.807, 2.05) is 18.3 Å². The second kappa shape index (κ2) is 7.40. The maximum Gasteiger partial charge on any atom is 0.121 e. The lowest BCUT2D eigenvalue weighted by Crippen LogP contribution is -2.26. The van der Waals surface area contributed by atoms with Crippen LogP contribution < -0.4 is 10.2 Å². The van der Waals surface area contributed by atoms with E-state index in [0.717, 1.165) is 49.3 Å². The largest absolute Gasteiger partial charge is 0.382 e. The van der Waals surface area contributed by atoms with Crippen LogP contribution in [0.2, 0.25) is 0 Å². The van der Waals surface area contributed by atoms with Crippen LogP contribution in [-0.2, 0) is 13.1 Å². The minimum absolute atomic E-state index is 0. The van der Waals surface area contributed by atoms with Gasteiger partial charge in [-0.15, -0.1) is 12.4 Å². The molecule has 0 bridgehead atoms. The van der Waals surface area contributed by atoms with Crippen molar-refractivity contribution in [2.24, 2.45) is 11.8 Å². The van der Waals surface area contributed by atoms with Gasteiger partial charge in [-0.2, -0.15) is 0 Å². The number of aliphatic hydroxyl groups is 1. The average molecular weight is 387 g/mol. The van der Waals surface area contributed by atoms with Gasteiger partial charge in [-0.1, -0.05) is 12.1 Å². The quantitative estimate of drug-likeness (QED) is 0.846. The fourth-order valence-corrected chi connectivity index (χ4v) is 4.85. The Hall–Kier alpha value is -1.66. The van der Waals surface area contributed by atoms with E-state index in [0.29, 0.717) is 0 Å². The van der Waals surface area contributed by atoms with Crippen molar-refractivity contribution in [3.8, 4) is 0 Å². The summed E-state index contributed by atoms with van der Waals surface area (Å²) in [5.74, 6) is 1.55. The van der Waals surface area contributed by atoms with Crippen molar-refractivity contribution in [2.45, 2.75) is 19.2 Å². The van der Waals surface area contributed by atoms with E-state index in [9.17, 15) is 5.11 Å². The Bertz CT molecular complexity index is 816. The van der Waals surface area contributed by atoms with E-state index < -0.39 is 6.10 Å². The molecule has 4 heterocycles. The predicted molar refractivity (Wildman–Crippen MR) is 109 cm³/mol. The summed E-state index contributed by atoms with van der Waals surface area (Å²) in [6.07, 6.45) is 1.23. The summed E-state index contributed by atoms with van der Waals surface area (Å²) in [7, 11) is 2.22. The van der Waals surface area contributed by atoms with Crippen LogP contribution >= 0.6 is 12.4 Å². The molecule has 5 rings (SSSR count).